The Balaban J connectivity index is 2.16. The SMILES string of the molecule is CN(C)c1ccc(C(C#N)N2CCCC2)o1. The van der Waals surface area contributed by atoms with Gasteiger partial charge in [-0.05, 0) is 32.0 Å². The van der Waals surface area contributed by atoms with Crippen LogP contribution in [0.5, 0.6) is 0 Å². The molecule has 1 aromatic heterocycles. The molecule has 0 radical (unpaired) electrons. The first-order valence-corrected chi connectivity index (χ1v) is 5.63. The normalized spacial score (nSPS) is 18.3. The fraction of sp³-hybridized carbons (Fsp3) is 0.583. The molecule has 0 amide bonds. The number of furan rings is 1. The van der Waals surface area contributed by atoms with Gasteiger partial charge in [-0.2, -0.15) is 5.26 Å². The van der Waals surface area contributed by atoms with Gasteiger partial charge in [-0.3, -0.25) is 4.90 Å². The summed E-state index contributed by atoms with van der Waals surface area (Å²) in [6.45, 7) is 1.99. The lowest BCUT2D eigenvalue weighted by atomic mass is 10.2. The number of nitriles is 1. The molecule has 0 spiro atoms. The van der Waals surface area contributed by atoms with Crippen molar-refractivity contribution in [2.45, 2.75) is 18.9 Å². The van der Waals surface area contributed by atoms with E-state index >= 15 is 0 Å². The summed E-state index contributed by atoms with van der Waals surface area (Å²) in [7, 11) is 3.86. The van der Waals surface area contributed by atoms with Crippen LogP contribution in [-0.4, -0.2) is 32.1 Å². The Hall–Kier alpha value is -1.47. The number of hydrogen-bond acceptors (Lipinski definition) is 4. The van der Waals surface area contributed by atoms with Crippen LogP contribution in [0.3, 0.4) is 0 Å². The fourth-order valence-electron chi connectivity index (χ4n) is 2.05. The topological polar surface area (TPSA) is 43.4 Å². The fourth-order valence-corrected chi connectivity index (χ4v) is 2.05. The predicted octanol–water partition coefficient (Wildman–Crippen LogP) is 2.01. The van der Waals surface area contributed by atoms with Crippen molar-refractivity contribution < 1.29 is 4.42 Å². The molecule has 1 saturated heterocycles. The molecule has 1 fully saturated rings. The molecule has 4 nitrogen and oxygen atoms in total. The van der Waals surface area contributed by atoms with Crippen LogP contribution >= 0.6 is 0 Å². The molecule has 16 heavy (non-hydrogen) atoms. The van der Waals surface area contributed by atoms with E-state index in [2.05, 4.69) is 11.0 Å². The molecule has 4 heteroatoms. The van der Waals surface area contributed by atoms with Gasteiger partial charge in [0.05, 0.1) is 6.07 Å². The van der Waals surface area contributed by atoms with Crippen LogP contribution in [0.1, 0.15) is 24.6 Å². The lowest BCUT2D eigenvalue weighted by Gasteiger charge is -2.19. The molecule has 2 rings (SSSR count). The van der Waals surface area contributed by atoms with Gasteiger partial charge in [0.15, 0.2) is 11.9 Å². The number of likely N-dealkylation sites (tertiary alicyclic amines) is 1. The second-order valence-electron chi connectivity index (χ2n) is 4.35. The van der Waals surface area contributed by atoms with Crippen LogP contribution in [0.4, 0.5) is 5.88 Å². The number of anilines is 1. The summed E-state index contributed by atoms with van der Waals surface area (Å²) in [6, 6.07) is 5.92. The van der Waals surface area contributed by atoms with Crippen LogP contribution in [0.2, 0.25) is 0 Å². The van der Waals surface area contributed by atoms with Crippen molar-refractivity contribution in [3.8, 4) is 6.07 Å². The molecule has 0 aliphatic carbocycles. The van der Waals surface area contributed by atoms with Crippen molar-refractivity contribution >= 4 is 5.88 Å². The highest BCUT2D eigenvalue weighted by Gasteiger charge is 2.25. The number of nitrogens with zero attached hydrogens (tertiary/aromatic N) is 3. The zero-order valence-electron chi connectivity index (χ0n) is 9.81. The maximum atomic E-state index is 9.22. The highest BCUT2D eigenvalue weighted by atomic mass is 16.4. The summed E-state index contributed by atoms with van der Waals surface area (Å²) in [5.41, 5.74) is 0. The average molecular weight is 219 g/mol. The Morgan fingerprint density at radius 2 is 2.06 bits per heavy atom. The Labute approximate surface area is 96.1 Å². The Morgan fingerprint density at radius 3 is 2.56 bits per heavy atom. The van der Waals surface area contributed by atoms with E-state index in [0.29, 0.717) is 0 Å². The lowest BCUT2D eigenvalue weighted by molar-refractivity contribution is 0.262. The zero-order chi connectivity index (χ0) is 11.5. The molecule has 1 aliphatic heterocycles. The summed E-state index contributed by atoms with van der Waals surface area (Å²) in [4.78, 5) is 4.08. The highest BCUT2D eigenvalue weighted by Crippen LogP contribution is 2.28. The summed E-state index contributed by atoms with van der Waals surface area (Å²) in [5, 5.41) is 9.22. The Kier molecular flexibility index (Phi) is 3.16. The van der Waals surface area contributed by atoms with Gasteiger partial charge in [0.25, 0.3) is 0 Å². The van der Waals surface area contributed by atoms with Crippen molar-refractivity contribution in [1.82, 2.24) is 4.90 Å². The van der Waals surface area contributed by atoms with E-state index in [4.69, 9.17) is 4.42 Å². The monoisotopic (exact) mass is 219 g/mol. The molecule has 0 saturated carbocycles. The van der Waals surface area contributed by atoms with Crippen LogP contribution in [0, 0.1) is 11.3 Å². The first-order chi connectivity index (χ1) is 7.72. The van der Waals surface area contributed by atoms with Crippen molar-refractivity contribution in [2.75, 3.05) is 32.1 Å². The Bertz CT molecular complexity index is 385. The number of hydrogen-bond donors (Lipinski definition) is 0. The molecule has 1 aromatic rings. The lowest BCUT2D eigenvalue weighted by Crippen LogP contribution is -2.24. The van der Waals surface area contributed by atoms with Crippen molar-refractivity contribution in [1.29, 1.82) is 5.26 Å². The van der Waals surface area contributed by atoms with E-state index in [-0.39, 0.29) is 6.04 Å². The second kappa shape index (κ2) is 4.58. The van der Waals surface area contributed by atoms with Gasteiger partial charge in [-0.15, -0.1) is 0 Å². The van der Waals surface area contributed by atoms with E-state index in [1.165, 1.54) is 12.8 Å². The van der Waals surface area contributed by atoms with Gasteiger partial charge in [-0.1, -0.05) is 0 Å². The first kappa shape index (κ1) is 11.0. The van der Waals surface area contributed by atoms with Gasteiger partial charge in [0, 0.05) is 20.2 Å². The summed E-state index contributed by atoms with van der Waals surface area (Å²) >= 11 is 0. The van der Waals surface area contributed by atoms with Crippen LogP contribution in [0.15, 0.2) is 16.5 Å². The minimum absolute atomic E-state index is 0.226. The zero-order valence-corrected chi connectivity index (χ0v) is 9.81. The minimum Gasteiger partial charge on any atom is -0.443 e. The summed E-state index contributed by atoms with van der Waals surface area (Å²) in [5.74, 6) is 1.56. The third-order valence-electron chi connectivity index (χ3n) is 2.95. The maximum absolute atomic E-state index is 9.22. The van der Waals surface area contributed by atoms with Crippen LogP contribution in [0.25, 0.3) is 0 Å². The molecule has 0 bridgehead atoms. The molecule has 0 aromatic carbocycles. The van der Waals surface area contributed by atoms with Gasteiger partial charge < -0.3 is 9.32 Å². The van der Waals surface area contributed by atoms with Gasteiger partial charge in [-0.25, -0.2) is 0 Å². The van der Waals surface area contributed by atoms with E-state index < -0.39 is 0 Å². The molecule has 2 heterocycles. The maximum Gasteiger partial charge on any atom is 0.195 e. The van der Waals surface area contributed by atoms with Crippen LogP contribution in [-0.2, 0) is 0 Å². The highest BCUT2D eigenvalue weighted by molar-refractivity contribution is 5.35. The third kappa shape index (κ3) is 2.05. The predicted molar refractivity (Wildman–Crippen MR) is 62.2 cm³/mol. The molecule has 1 unspecified atom stereocenters. The van der Waals surface area contributed by atoms with E-state index in [1.54, 1.807) is 0 Å². The third-order valence-corrected chi connectivity index (χ3v) is 2.95. The van der Waals surface area contributed by atoms with E-state index in [9.17, 15) is 5.26 Å². The molecular formula is C12H17N3O. The van der Waals surface area contributed by atoms with Crippen molar-refractivity contribution in [3.63, 3.8) is 0 Å². The van der Waals surface area contributed by atoms with Crippen molar-refractivity contribution in [3.05, 3.63) is 17.9 Å². The minimum atomic E-state index is -0.226. The molecule has 86 valence electrons. The van der Waals surface area contributed by atoms with E-state index in [1.807, 2.05) is 31.1 Å². The summed E-state index contributed by atoms with van der Waals surface area (Å²) in [6.07, 6.45) is 2.36. The Morgan fingerprint density at radius 1 is 1.38 bits per heavy atom. The molecule has 0 N–H and O–H groups in total. The number of rotatable bonds is 3. The first-order valence-electron chi connectivity index (χ1n) is 5.63. The van der Waals surface area contributed by atoms with Gasteiger partial charge >= 0.3 is 0 Å². The molecule has 1 atom stereocenters. The molecule has 1 aliphatic rings. The van der Waals surface area contributed by atoms with Crippen molar-refractivity contribution in [2.24, 2.45) is 0 Å². The quantitative estimate of drug-likeness (QED) is 0.780. The largest absolute Gasteiger partial charge is 0.443 e. The second-order valence-corrected chi connectivity index (χ2v) is 4.35. The summed E-state index contributed by atoms with van der Waals surface area (Å²) < 4.78 is 5.67. The van der Waals surface area contributed by atoms with Crippen LogP contribution < -0.4 is 4.90 Å². The van der Waals surface area contributed by atoms with Gasteiger partial charge in [0.1, 0.15) is 5.76 Å². The van der Waals surface area contributed by atoms with E-state index in [0.717, 1.165) is 24.7 Å². The smallest absolute Gasteiger partial charge is 0.195 e. The van der Waals surface area contributed by atoms with Gasteiger partial charge in [0.2, 0.25) is 0 Å². The standard InChI is InChI=1S/C12H17N3O/c1-14(2)12-6-5-11(16-12)10(9-13)15-7-3-4-8-15/h5-6,10H,3-4,7-8H2,1-2H3. The molecular weight excluding hydrogens is 202 g/mol. The average Bonchev–Trinajstić information content (AvgIpc) is 2.88.